The molecule has 2 aromatic rings. The first-order valence-corrected chi connectivity index (χ1v) is 12.5. The number of aromatic amines is 1. The molecule has 38 heavy (non-hydrogen) atoms. The maximum absolute atomic E-state index is 13.2. The number of imidazole rings is 1. The monoisotopic (exact) mass is 530 g/mol. The Morgan fingerprint density at radius 1 is 0.921 bits per heavy atom. The first-order valence-electron chi connectivity index (χ1n) is 12.5. The number of nitrogens with zero attached hydrogens (tertiary/aromatic N) is 1. The van der Waals surface area contributed by atoms with E-state index in [1.165, 1.54) is 24.7 Å². The van der Waals surface area contributed by atoms with E-state index >= 15 is 0 Å². The first-order chi connectivity index (χ1) is 17.9. The molecular formula is C26H38N6O6. The van der Waals surface area contributed by atoms with E-state index < -0.39 is 47.9 Å². The van der Waals surface area contributed by atoms with Gasteiger partial charge in [0, 0.05) is 24.7 Å². The Hall–Kier alpha value is -3.93. The van der Waals surface area contributed by atoms with Crippen LogP contribution in [0.2, 0.25) is 0 Å². The minimum Gasteiger partial charge on any atom is -0.508 e. The van der Waals surface area contributed by atoms with Crippen molar-refractivity contribution in [3.05, 3.63) is 48.0 Å². The summed E-state index contributed by atoms with van der Waals surface area (Å²) in [6.45, 7) is 7.37. The molecule has 0 aliphatic rings. The average Bonchev–Trinajstić information content (AvgIpc) is 3.35. The van der Waals surface area contributed by atoms with Crippen LogP contribution in [0.5, 0.6) is 5.75 Å². The molecule has 0 aliphatic carbocycles. The Balaban J connectivity index is 2.19. The zero-order chi connectivity index (χ0) is 28.4. The summed E-state index contributed by atoms with van der Waals surface area (Å²) in [6, 6.07) is 1.75. The van der Waals surface area contributed by atoms with Crippen LogP contribution in [0, 0.1) is 11.8 Å². The molecule has 4 atom stereocenters. The number of carboxylic acid groups (broad SMARTS) is 1. The second-order valence-electron chi connectivity index (χ2n) is 10.1. The fraction of sp³-hybridized carbons (Fsp3) is 0.500. The van der Waals surface area contributed by atoms with Crippen LogP contribution in [0.3, 0.4) is 0 Å². The average molecular weight is 531 g/mol. The van der Waals surface area contributed by atoms with Crippen molar-refractivity contribution in [2.45, 2.75) is 71.1 Å². The number of hydrogen-bond acceptors (Lipinski definition) is 7. The Bertz CT molecular complexity index is 1070. The standard InChI is InChI=1S/C26H38N6O6/c1-14(2)9-19(27)23(34)32-22(15(3)4)25(36)30-20(11-17-12-28-13-29-17)24(35)31-21(26(37)38)10-16-5-7-18(33)8-6-16/h5-8,12-15,19-22,33H,9-11,27H2,1-4H3,(H,28,29)(H,30,36)(H,31,35)(H,32,34)(H,37,38). The fourth-order valence-electron chi connectivity index (χ4n) is 3.84. The van der Waals surface area contributed by atoms with Gasteiger partial charge in [0.2, 0.25) is 17.7 Å². The van der Waals surface area contributed by atoms with E-state index in [1.54, 1.807) is 26.0 Å². The number of phenols is 1. The Morgan fingerprint density at radius 3 is 2.08 bits per heavy atom. The number of aromatic hydroxyl groups is 1. The molecule has 12 heteroatoms. The van der Waals surface area contributed by atoms with Gasteiger partial charge in [0.25, 0.3) is 0 Å². The highest BCUT2D eigenvalue weighted by Crippen LogP contribution is 2.12. The summed E-state index contributed by atoms with van der Waals surface area (Å²) >= 11 is 0. The summed E-state index contributed by atoms with van der Waals surface area (Å²) in [5.41, 5.74) is 7.10. The number of nitrogens with two attached hydrogens (primary N) is 1. The molecule has 2 rings (SSSR count). The number of aliphatic carboxylic acids is 1. The molecule has 1 aromatic carbocycles. The molecule has 0 fully saturated rings. The lowest BCUT2D eigenvalue weighted by molar-refractivity contribution is -0.142. The van der Waals surface area contributed by atoms with Crippen LogP contribution in [-0.4, -0.2) is 68.0 Å². The lowest BCUT2D eigenvalue weighted by atomic mass is 9.99. The number of hydrogen-bond donors (Lipinski definition) is 7. The molecular weight excluding hydrogens is 492 g/mol. The van der Waals surface area contributed by atoms with Crippen LogP contribution >= 0.6 is 0 Å². The number of H-pyrrole nitrogens is 1. The highest BCUT2D eigenvalue weighted by atomic mass is 16.4. The number of nitrogens with one attached hydrogen (secondary N) is 4. The van der Waals surface area contributed by atoms with Gasteiger partial charge in [-0.15, -0.1) is 0 Å². The number of phenolic OH excluding ortho intramolecular Hbond substituents is 1. The van der Waals surface area contributed by atoms with Crippen molar-refractivity contribution >= 4 is 23.7 Å². The zero-order valence-corrected chi connectivity index (χ0v) is 22.1. The van der Waals surface area contributed by atoms with Crippen molar-refractivity contribution in [3.8, 4) is 5.75 Å². The van der Waals surface area contributed by atoms with Gasteiger partial charge >= 0.3 is 5.97 Å². The first kappa shape index (κ1) is 30.3. The molecule has 0 radical (unpaired) electrons. The molecule has 12 nitrogen and oxygen atoms in total. The maximum atomic E-state index is 13.2. The van der Waals surface area contributed by atoms with E-state index in [1.807, 2.05) is 13.8 Å². The third-order valence-corrected chi connectivity index (χ3v) is 5.91. The quantitative estimate of drug-likeness (QED) is 0.183. The third kappa shape index (κ3) is 9.51. The molecule has 1 aromatic heterocycles. The zero-order valence-electron chi connectivity index (χ0n) is 22.1. The maximum Gasteiger partial charge on any atom is 0.326 e. The molecule has 0 aliphatic heterocycles. The molecule has 3 amide bonds. The molecule has 208 valence electrons. The van der Waals surface area contributed by atoms with Crippen LogP contribution in [0.4, 0.5) is 0 Å². The largest absolute Gasteiger partial charge is 0.508 e. The molecule has 0 saturated carbocycles. The van der Waals surface area contributed by atoms with Crippen molar-refractivity contribution in [2.75, 3.05) is 0 Å². The predicted molar refractivity (Wildman–Crippen MR) is 140 cm³/mol. The number of aromatic nitrogens is 2. The van der Waals surface area contributed by atoms with Gasteiger partial charge in [0.15, 0.2) is 0 Å². The molecule has 0 bridgehead atoms. The van der Waals surface area contributed by atoms with E-state index in [4.69, 9.17) is 5.73 Å². The number of carbonyl (C=O) groups excluding carboxylic acids is 3. The van der Waals surface area contributed by atoms with Crippen molar-refractivity contribution in [2.24, 2.45) is 17.6 Å². The van der Waals surface area contributed by atoms with E-state index in [2.05, 4.69) is 25.9 Å². The van der Waals surface area contributed by atoms with Gasteiger partial charge in [0.1, 0.15) is 23.9 Å². The van der Waals surface area contributed by atoms with E-state index in [9.17, 15) is 29.4 Å². The molecule has 1 heterocycles. The van der Waals surface area contributed by atoms with Crippen molar-refractivity contribution in [1.29, 1.82) is 0 Å². The lowest BCUT2D eigenvalue weighted by Crippen LogP contribution is -2.59. The third-order valence-electron chi connectivity index (χ3n) is 5.91. The van der Waals surface area contributed by atoms with Crippen LogP contribution in [-0.2, 0) is 32.0 Å². The summed E-state index contributed by atoms with van der Waals surface area (Å²) in [4.78, 5) is 57.8. The number of amides is 3. The number of benzene rings is 1. The minimum atomic E-state index is -1.29. The minimum absolute atomic E-state index is 0.00868. The molecule has 8 N–H and O–H groups in total. The second-order valence-corrected chi connectivity index (χ2v) is 10.1. The smallest absolute Gasteiger partial charge is 0.326 e. The van der Waals surface area contributed by atoms with Crippen LogP contribution < -0.4 is 21.7 Å². The molecule has 0 spiro atoms. The number of carboxylic acids is 1. The van der Waals surface area contributed by atoms with Gasteiger partial charge in [-0.2, -0.15) is 0 Å². The Kier molecular flexibility index (Phi) is 11.3. The van der Waals surface area contributed by atoms with Gasteiger partial charge in [0.05, 0.1) is 12.4 Å². The van der Waals surface area contributed by atoms with Crippen LogP contribution in [0.15, 0.2) is 36.8 Å². The van der Waals surface area contributed by atoms with Crippen LogP contribution in [0.25, 0.3) is 0 Å². The Labute approximate surface area is 221 Å². The fourth-order valence-corrected chi connectivity index (χ4v) is 3.84. The summed E-state index contributed by atoms with van der Waals surface area (Å²) in [7, 11) is 0. The summed E-state index contributed by atoms with van der Waals surface area (Å²) in [5.74, 6) is -3.15. The topological polar surface area (TPSA) is 200 Å². The van der Waals surface area contributed by atoms with Gasteiger partial charge in [-0.3, -0.25) is 14.4 Å². The molecule has 4 unspecified atom stereocenters. The highest BCUT2D eigenvalue weighted by Gasteiger charge is 2.32. The number of rotatable bonds is 14. The van der Waals surface area contributed by atoms with E-state index in [0.717, 1.165) is 0 Å². The summed E-state index contributed by atoms with van der Waals surface area (Å²) in [6.07, 6.45) is 3.33. The van der Waals surface area contributed by atoms with Crippen molar-refractivity contribution in [1.82, 2.24) is 25.9 Å². The van der Waals surface area contributed by atoms with Gasteiger partial charge < -0.3 is 36.9 Å². The Morgan fingerprint density at radius 2 is 1.55 bits per heavy atom. The summed E-state index contributed by atoms with van der Waals surface area (Å²) in [5, 5.41) is 27.0. The van der Waals surface area contributed by atoms with Crippen molar-refractivity contribution < 1.29 is 29.4 Å². The lowest BCUT2D eigenvalue weighted by Gasteiger charge is -2.27. The predicted octanol–water partition coefficient (Wildman–Crippen LogP) is 0.469. The number of carbonyl (C=O) groups is 4. The van der Waals surface area contributed by atoms with Gasteiger partial charge in [-0.25, -0.2) is 9.78 Å². The van der Waals surface area contributed by atoms with Gasteiger partial charge in [-0.1, -0.05) is 39.8 Å². The van der Waals surface area contributed by atoms with Crippen LogP contribution in [0.1, 0.15) is 45.4 Å². The van der Waals surface area contributed by atoms with Crippen molar-refractivity contribution in [3.63, 3.8) is 0 Å². The summed E-state index contributed by atoms with van der Waals surface area (Å²) < 4.78 is 0. The molecule has 0 saturated heterocycles. The SMILES string of the molecule is CC(C)CC(N)C(=O)NC(C(=O)NC(Cc1cnc[nH]1)C(=O)NC(Cc1ccc(O)cc1)C(=O)O)C(C)C. The normalized spacial score (nSPS) is 14.4. The van der Waals surface area contributed by atoms with Gasteiger partial charge in [-0.05, 0) is 36.0 Å². The highest BCUT2D eigenvalue weighted by molar-refractivity contribution is 5.94. The second kappa shape index (κ2) is 14.1. The van der Waals surface area contributed by atoms with E-state index in [-0.39, 0.29) is 30.4 Å². The van der Waals surface area contributed by atoms with E-state index in [0.29, 0.717) is 17.7 Å².